The van der Waals surface area contributed by atoms with Crippen LogP contribution in [0.4, 0.5) is 5.69 Å². The van der Waals surface area contributed by atoms with E-state index in [0.717, 1.165) is 45.0 Å². The van der Waals surface area contributed by atoms with E-state index in [9.17, 15) is 0 Å². The van der Waals surface area contributed by atoms with Crippen LogP contribution in [0.15, 0.2) is 59.9 Å². The van der Waals surface area contributed by atoms with Gasteiger partial charge in [-0.05, 0) is 43.5 Å². The van der Waals surface area contributed by atoms with Crippen LogP contribution in [0.5, 0.6) is 0 Å². The molecule has 0 bridgehead atoms. The van der Waals surface area contributed by atoms with E-state index in [1.54, 1.807) is 6.20 Å². The van der Waals surface area contributed by atoms with E-state index in [1.165, 1.54) is 11.3 Å². The zero-order valence-corrected chi connectivity index (χ0v) is 18.0. The smallest absolute Gasteiger partial charge is 0.190 e. The van der Waals surface area contributed by atoms with Crippen molar-refractivity contribution in [3.8, 4) is 0 Å². The van der Waals surface area contributed by atoms with Crippen LogP contribution < -0.4 is 15.5 Å². The van der Waals surface area contributed by atoms with Crippen LogP contribution in [0.1, 0.15) is 18.9 Å². The Bertz CT molecular complexity index is 619. The van der Waals surface area contributed by atoms with Crippen molar-refractivity contribution in [2.75, 3.05) is 38.1 Å². The highest BCUT2D eigenvalue weighted by Gasteiger charge is 2.03. The molecule has 0 aliphatic carbocycles. The van der Waals surface area contributed by atoms with Gasteiger partial charge < -0.3 is 15.5 Å². The van der Waals surface area contributed by atoms with Crippen LogP contribution in [0.2, 0.25) is 0 Å². The minimum absolute atomic E-state index is 0. The fourth-order valence-corrected chi connectivity index (χ4v) is 2.68. The van der Waals surface area contributed by atoms with Crippen molar-refractivity contribution in [3.63, 3.8) is 0 Å². The van der Waals surface area contributed by atoms with Gasteiger partial charge in [0.25, 0.3) is 0 Å². The first kappa shape index (κ1) is 22.2. The highest BCUT2D eigenvalue weighted by Crippen LogP contribution is 2.12. The van der Waals surface area contributed by atoms with Gasteiger partial charge in [0.05, 0.1) is 0 Å². The Morgan fingerprint density at radius 2 is 1.85 bits per heavy atom. The van der Waals surface area contributed by atoms with Crippen molar-refractivity contribution in [1.29, 1.82) is 0 Å². The number of benzene rings is 1. The molecule has 0 amide bonds. The van der Waals surface area contributed by atoms with Gasteiger partial charge in [0.15, 0.2) is 5.96 Å². The van der Waals surface area contributed by atoms with E-state index in [2.05, 4.69) is 68.8 Å². The zero-order valence-electron chi connectivity index (χ0n) is 15.7. The quantitative estimate of drug-likeness (QED) is 0.257. The van der Waals surface area contributed by atoms with Gasteiger partial charge in [-0.3, -0.25) is 9.98 Å². The summed E-state index contributed by atoms with van der Waals surface area (Å²) in [6.07, 6.45) is 5.70. The second kappa shape index (κ2) is 13.4. The van der Waals surface area contributed by atoms with Crippen molar-refractivity contribution in [2.45, 2.75) is 19.8 Å². The van der Waals surface area contributed by atoms with Crippen LogP contribution in [0, 0.1) is 0 Å². The van der Waals surface area contributed by atoms with E-state index in [-0.39, 0.29) is 24.0 Å². The summed E-state index contributed by atoms with van der Waals surface area (Å²) < 4.78 is 0. The van der Waals surface area contributed by atoms with Crippen LogP contribution in [0.3, 0.4) is 0 Å². The molecule has 0 unspecified atom stereocenters. The molecule has 26 heavy (non-hydrogen) atoms. The molecule has 1 aromatic heterocycles. The molecule has 0 radical (unpaired) electrons. The Labute approximate surface area is 174 Å². The summed E-state index contributed by atoms with van der Waals surface area (Å²) in [5, 5.41) is 6.73. The Morgan fingerprint density at radius 3 is 2.50 bits per heavy atom. The molecule has 0 fully saturated rings. The van der Waals surface area contributed by atoms with Crippen LogP contribution >= 0.6 is 24.0 Å². The van der Waals surface area contributed by atoms with Gasteiger partial charge in [-0.25, -0.2) is 0 Å². The monoisotopic (exact) mass is 467 g/mol. The third-order valence-corrected chi connectivity index (χ3v) is 4.05. The second-order valence-corrected chi connectivity index (χ2v) is 5.81. The number of nitrogens with zero attached hydrogens (tertiary/aromatic N) is 3. The largest absolute Gasteiger partial charge is 0.372 e. The Kier molecular flexibility index (Phi) is 11.4. The number of rotatable bonds is 9. The van der Waals surface area contributed by atoms with Gasteiger partial charge in [-0.15, -0.1) is 24.0 Å². The summed E-state index contributed by atoms with van der Waals surface area (Å²) in [5.74, 6) is 0.853. The topological polar surface area (TPSA) is 52.5 Å². The minimum atomic E-state index is 0. The predicted molar refractivity (Wildman–Crippen MR) is 122 cm³/mol. The van der Waals surface area contributed by atoms with Gasteiger partial charge in [-0.2, -0.15) is 0 Å². The Balaban J connectivity index is 0.00000338. The third kappa shape index (κ3) is 8.03. The lowest BCUT2D eigenvalue weighted by Gasteiger charge is -2.23. The summed E-state index contributed by atoms with van der Waals surface area (Å²) in [4.78, 5) is 10.8. The number of pyridine rings is 1. The molecular formula is C20H30IN5. The SMILES string of the molecule is CCN(CCCNC(=NC)NCCc1cccnc1)c1ccccc1.I. The van der Waals surface area contributed by atoms with Gasteiger partial charge in [0.1, 0.15) is 0 Å². The average molecular weight is 467 g/mol. The molecule has 0 aliphatic heterocycles. The first-order valence-electron chi connectivity index (χ1n) is 8.97. The van der Waals surface area contributed by atoms with Crippen molar-refractivity contribution >= 4 is 35.6 Å². The third-order valence-electron chi connectivity index (χ3n) is 4.05. The van der Waals surface area contributed by atoms with E-state index < -0.39 is 0 Å². The summed E-state index contributed by atoms with van der Waals surface area (Å²) in [5.41, 5.74) is 2.51. The molecule has 0 aliphatic rings. The maximum atomic E-state index is 4.28. The number of hydrogen-bond donors (Lipinski definition) is 2. The fourth-order valence-electron chi connectivity index (χ4n) is 2.68. The zero-order chi connectivity index (χ0) is 17.7. The molecular weight excluding hydrogens is 437 g/mol. The van der Waals surface area contributed by atoms with Crippen molar-refractivity contribution in [3.05, 3.63) is 60.4 Å². The van der Waals surface area contributed by atoms with Crippen LogP contribution in [-0.4, -0.2) is 44.2 Å². The number of anilines is 1. The van der Waals surface area contributed by atoms with E-state index in [4.69, 9.17) is 0 Å². The average Bonchev–Trinajstić information content (AvgIpc) is 2.68. The molecule has 2 N–H and O–H groups in total. The second-order valence-electron chi connectivity index (χ2n) is 5.81. The lowest BCUT2D eigenvalue weighted by atomic mass is 10.2. The molecule has 142 valence electrons. The van der Waals surface area contributed by atoms with E-state index >= 15 is 0 Å². The lowest BCUT2D eigenvalue weighted by Crippen LogP contribution is -2.39. The van der Waals surface area contributed by atoms with Crippen LogP contribution in [0.25, 0.3) is 0 Å². The summed E-state index contributed by atoms with van der Waals surface area (Å²) >= 11 is 0. The van der Waals surface area contributed by atoms with Gasteiger partial charge in [0, 0.05) is 51.3 Å². The fraction of sp³-hybridized carbons (Fsp3) is 0.400. The molecule has 6 heteroatoms. The predicted octanol–water partition coefficient (Wildman–Crippen LogP) is 3.32. The number of aromatic nitrogens is 1. The van der Waals surface area contributed by atoms with Crippen molar-refractivity contribution in [1.82, 2.24) is 15.6 Å². The standard InChI is InChI=1S/C20H29N5.HI/c1-3-25(19-10-5-4-6-11-19)16-8-14-23-20(21-2)24-15-12-18-9-7-13-22-17-18;/h4-7,9-11,13,17H,3,8,12,14-16H2,1-2H3,(H2,21,23,24);1H. The molecule has 2 rings (SSSR count). The van der Waals surface area contributed by atoms with Gasteiger partial charge in [-0.1, -0.05) is 24.3 Å². The number of nitrogens with one attached hydrogen (secondary N) is 2. The number of hydrogen-bond acceptors (Lipinski definition) is 3. The number of aliphatic imine (C=N–C) groups is 1. The van der Waals surface area contributed by atoms with Crippen LogP contribution in [-0.2, 0) is 6.42 Å². The molecule has 2 aromatic rings. The van der Waals surface area contributed by atoms with Crippen molar-refractivity contribution in [2.24, 2.45) is 4.99 Å². The van der Waals surface area contributed by atoms with Crippen molar-refractivity contribution < 1.29 is 0 Å². The Morgan fingerprint density at radius 1 is 1.08 bits per heavy atom. The molecule has 1 aromatic carbocycles. The first-order chi connectivity index (χ1) is 12.3. The minimum Gasteiger partial charge on any atom is -0.372 e. The molecule has 5 nitrogen and oxygen atoms in total. The number of para-hydroxylation sites is 1. The maximum Gasteiger partial charge on any atom is 0.190 e. The summed E-state index contributed by atoms with van der Waals surface area (Å²) in [7, 11) is 1.81. The highest BCUT2D eigenvalue weighted by atomic mass is 127. The highest BCUT2D eigenvalue weighted by molar-refractivity contribution is 14.0. The van der Waals surface area contributed by atoms with E-state index in [0.29, 0.717) is 0 Å². The van der Waals surface area contributed by atoms with Gasteiger partial charge in [0.2, 0.25) is 0 Å². The molecule has 0 spiro atoms. The van der Waals surface area contributed by atoms with Gasteiger partial charge >= 0.3 is 0 Å². The lowest BCUT2D eigenvalue weighted by molar-refractivity contribution is 0.707. The Hall–Kier alpha value is -1.83. The maximum absolute atomic E-state index is 4.28. The summed E-state index contributed by atoms with van der Waals surface area (Å²) in [6.45, 7) is 5.98. The normalized spacial score (nSPS) is 10.8. The molecule has 0 saturated heterocycles. The van der Waals surface area contributed by atoms with E-state index in [1.807, 2.05) is 19.3 Å². The molecule has 1 heterocycles. The number of halogens is 1. The molecule has 0 saturated carbocycles. The first-order valence-corrected chi connectivity index (χ1v) is 8.97. The molecule has 0 atom stereocenters. The summed E-state index contributed by atoms with van der Waals surface area (Å²) in [6, 6.07) is 14.6. The number of guanidine groups is 1.